The normalized spacial score (nSPS) is 9.94. The second-order valence-electron chi connectivity index (χ2n) is 3.28. The number of aromatic nitrogens is 1. The number of hydrogen-bond donors (Lipinski definition) is 2. The first-order valence-corrected chi connectivity index (χ1v) is 4.65. The number of aromatic amines is 1. The van der Waals surface area contributed by atoms with Crippen molar-refractivity contribution in [3.8, 4) is 11.8 Å². The van der Waals surface area contributed by atoms with Gasteiger partial charge in [0, 0.05) is 17.1 Å². The van der Waals surface area contributed by atoms with Crippen molar-refractivity contribution in [3.05, 3.63) is 30.0 Å². The Morgan fingerprint density at radius 2 is 2.38 bits per heavy atom. The molecule has 0 bridgehead atoms. The van der Waals surface area contributed by atoms with Crippen LogP contribution in [0, 0.1) is 11.3 Å². The van der Waals surface area contributed by atoms with Crippen molar-refractivity contribution in [2.24, 2.45) is 5.73 Å². The van der Waals surface area contributed by atoms with Crippen LogP contribution < -0.4 is 10.5 Å². The fourth-order valence-corrected chi connectivity index (χ4v) is 1.57. The van der Waals surface area contributed by atoms with Crippen molar-refractivity contribution in [1.29, 1.82) is 5.26 Å². The number of fused-ring (bicyclic) bond motifs is 1. The number of nitrogens with two attached hydrogens (primary N) is 1. The van der Waals surface area contributed by atoms with Crippen molar-refractivity contribution in [3.63, 3.8) is 0 Å². The van der Waals surface area contributed by atoms with Crippen LogP contribution in [0.25, 0.3) is 10.9 Å². The number of rotatable bonds is 2. The summed E-state index contributed by atoms with van der Waals surface area (Å²) in [5, 5.41) is 9.50. The number of carbonyl (C=O) groups is 1. The van der Waals surface area contributed by atoms with Gasteiger partial charge >= 0.3 is 6.09 Å². The van der Waals surface area contributed by atoms with Gasteiger partial charge in [-0.05, 0) is 23.8 Å². The first kappa shape index (κ1) is 10.1. The van der Waals surface area contributed by atoms with E-state index >= 15 is 0 Å². The van der Waals surface area contributed by atoms with E-state index in [4.69, 9.17) is 15.7 Å². The molecule has 16 heavy (non-hydrogen) atoms. The summed E-state index contributed by atoms with van der Waals surface area (Å²) in [5.74, 6) is 0.374. The lowest BCUT2D eigenvalue weighted by molar-refractivity contribution is 0.211. The van der Waals surface area contributed by atoms with Crippen molar-refractivity contribution in [1.82, 2.24) is 4.98 Å². The fourth-order valence-electron chi connectivity index (χ4n) is 1.57. The number of nitrogens with one attached hydrogen (secondary N) is 1. The van der Waals surface area contributed by atoms with Gasteiger partial charge in [0.2, 0.25) is 0 Å². The molecule has 0 unspecified atom stereocenters. The zero-order chi connectivity index (χ0) is 11.5. The van der Waals surface area contributed by atoms with Crippen LogP contribution in [0.1, 0.15) is 5.56 Å². The van der Waals surface area contributed by atoms with E-state index in [1.807, 2.05) is 0 Å². The molecule has 1 aromatic carbocycles. The van der Waals surface area contributed by atoms with E-state index in [1.165, 1.54) is 0 Å². The number of benzene rings is 1. The Hall–Kier alpha value is -2.48. The molecule has 0 radical (unpaired) electrons. The third-order valence-electron chi connectivity index (χ3n) is 2.23. The van der Waals surface area contributed by atoms with Crippen LogP contribution in [-0.2, 0) is 6.42 Å². The number of hydrogen-bond acceptors (Lipinski definition) is 3. The minimum absolute atomic E-state index is 0.306. The lowest BCUT2D eigenvalue weighted by Crippen LogP contribution is -2.16. The summed E-state index contributed by atoms with van der Waals surface area (Å²) in [6.45, 7) is 0. The first-order valence-electron chi connectivity index (χ1n) is 4.65. The molecule has 1 heterocycles. The Kier molecular flexibility index (Phi) is 2.48. The maximum absolute atomic E-state index is 10.6. The standard InChI is InChI=1S/C11H9N3O2/c12-4-3-7-6-14-10-2-1-8(5-9(7)10)16-11(13)15/h1-2,5-6,14H,3H2,(H2,13,15). The SMILES string of the molecule is N#CCc1c[nH]c2ccc(OC(N)=O)cc12. The first-order chi connectivity index (χ1) is 7.70. The van der Waals surface area contributed by atoms with E-state index in [9.17, 15) is 4.79 Å². The average molecular weight is 215 g/mol. The van der Waals surface area contributed by atoms with Gasteiger partial charge < -0.3 is 15.5 Å². The Morgan fingerprint density at radius 1 is 1.56 bits per heavy atom. The molecule has 0 saturated carbocycles. The van der Waals surface area contributed by atoms with Crippen LogP contribution in [0.15, 0.2) is 24.4 Å². The molecule has 2 aromatic rings. The molecule has 5 heteroatoms. The molecule has 1 amide bonds. The van der Waals surface area contributed by atoms with E-state index in [-0.39, 0.29) is 0 Å². The molecule has 0 saturated heterocycles. The summed E-state index contributed by atoms with van der Waals surface area (Å²) >= 11 is 0. The molecule has 0 aliphatic rings. The smallest absolute Gasteiger partial charge is 0.409 e. The maximum Gasteiger partial charge on any atom is 0.409 e. The van der Waals surface area contributed by atoms with Gasteiger partial charge in [0.15, 0.2) is 0 Å². The van der Waals surface area contributed by atoms with E-state index < -0.39 is 6.09 Å². The number of carbonyl (C=O) groups excluding carboxylic acids is 1. The van der Waals surface area contributed by atoms with E-state index in [1.54, 1.807) is 24.4 Å². The average Bonchev–Trinajstić information content (AvgIpc) is 2.61. The highest BCUT2D eigenvalue weighted by atomic mass is 16.5. The number of amides is 1. The van der Waals surface area contributed by atoms with Gasteiger partial charge in [0.1, 0.15) is 5.75 Å². The molecule has 3 N–H and O–H groups in total. The topological polar surface area (TPSA) is 91.9 Å². The highest BCUT2D eigenvalue weighted by Gasteiger charge is 2.06. The zero-order valence-electron chi connectivity index (χ0n) is 8.36. The van der Waals surface area contributed by atoms with Gasteiger partial charge in [-0.15, -0.1) is 0 Å². The number of primary amides is 1. The molecule has 5 nitrogen and oxygen atoms in total. The predicted octanol–water partition coefficient (Wildman–Crippen LogP) is 1.69. The Labute approximate surface area is 91.4 Å². The molecule has 2 rings (SSSR count). The number of nitriles is 1. The summed E-state index contributed by atoms with van der Waals surface area (Å²) in [7, 11) is 0. The second-order valence-corrected chi connectivity index (χ2v) is 3.28. The molecular formula is C11H9N3O2. The maximum atomic E-state index is 10.6. The highest BCUT2D eigenvalue weighted by Crippen LogP contribution is 2.23. The second kappa shape index (κ2) is 3.95. The number of nitrogens with zero attached hydrogens (tertiary/aromatic N) is 1. The van der Waals surface area contributed by atoms with Crippen LogP contribution >= 0.6 is 0 Å². The summed E-state index contributed by atoms with van der Waals surface area (Å²) < 4.78 is 4.77. The fraction of sp³-hybridized carbons (Fsp3) is 0.0909. The van der Waals surface area contributed by atoms with Crippen LogP contribution in [0.2, 0.25) is 0 Å². The highest BCUT2D eigenvalue weighted by molar-refractivity contribution is 5.85. The van der Waals surface area contributed by atoms with Gasteiger partial charge in [-0.1, -0.05) is 0 Å². The summed E-state index contributed by atoms with van der Waals surface area (Å²) in [6.07, 6.45) is 1.22. The molecule has 0 fully saturated rings. The molecular weight excluding hydrogens is 206 g/mol. The minimum Gasteiger partial charge on any atom is -0.410 e. The molecule has 0 atom stereocenters. The third-order valence-corrected chi connectivity index (χ3v) is 2.23. The van der Waals surface area contributed by atoms with E-state index in [0.29, 0.717) is 12.2 Å². The Balaban J connectivity index is 2.46. The van der Waals surface area contributed by atoms with Crippen LogP contribution in [0.3, 0.4) is 0 Å². The van der Waals surface area contributed by atoms with E-state index in [0.717, 1.165) is 16.5 Å². The van der Waals surface area contributed by atoms with Gasteiger partial charge in [-0.25, -0.2) is 4.79 Å². The summed E-state index contributed by atoms with van der Waals surface area (Å²) in [5.41, 5.74) is 6.68. The van der Waals surface area contributed by atoms with Crippen molar-refractivity contribution < 1.29 is 9.53 Å². The summed E-state index contributed by atoms with van der Waals surface area (Å²) in [6, 6.07) is 7.16. The van der Waals surface area contributed by atoms with Crippen molar-refractivity contribution >= 4 is 17.0 Å². The molecule has 1 aromatic heterocycles. The Morgan fingerprint density at radius 3 is 3.06 bits per heavy atom. The zero-order valence-corrected chi connectivity index (χ0v) is 8.36. The van der Waals surface area contributed by atoms with Crippen LogP contribution in [0.4, 0.5) is 4.79 Å². The van der Waals surface area contributed by atoms with E-state index in [2.05, 4.69) is 11.1 Å². The summed E-state index contributed by atoms with van der Waals surface area (Å²) in [4.78, 5) is 13.6. The number of ether oxygens (including phenoxy) is 1. The van der Waals surface area contributed by atoms with Crippen LogP contribution in [0.5, 0.6) is 5.75 Å². The molecule has 0 aliphatic heterocycles. The van der Waals surface area contributed by atoms with Crippen molar-refractivity contribution in [2.45, 2.75) is 6.42 Å². The Bertz CT molecular complexity index is 580. The predicted molar refractivity (Wildman–Crippen MR) is 57.8 cm³/mol. The quantitative estimate of drug-likeness (QED) is 0.798. The largest absolute Gasteiger partial charge is 0.410 e. The van der Waals surface area contributed by atoms with Gasteiger partial charge in [-0.2, -0.15) is 5.26 Å². The van der Waals surface area contributed by atoms with Crippen LogP contribution in [-0.4, -0.2) is 11.1 Å². The third kappa shape index (κ3) is 1.81. The monoisotopic (exact) mass is 215 g/mol. The molecule has 0 aliphatic carbocycles. The lowest BCUT2D eigenvalue weighted by Gasteiger charge is -2.00. The number of H-pyrrole nitrogens is 1. The van der Waals surface area contributed by atoms with Crippen molar-refractivity contribution in [2.75, 3.05) is 0 Å². The molecule has 80 valence electrons. The molecule has 0 spiro atoms. The van der Waals surface area contributed by atoms with Gasteiger partial charge in [0.25, 0.3) is 0 Å². The van der Waals surface area contributed by atoms with Gasteiger partial charge in [-0.3, -0.25) is 0 Å². The lowest BCUT2D eigenvalue weighted by atomic mass is 10.1. The minimum atomic E-state index is -0.850. The van der Waals surface area contributed by atoms with Gasteiger partial charge in [0.05, 0.1) is 12.5 Å².